The fourth-order valence-corrected chi connectivity index (χ4v) is 6.00. The number of piperidine rings is 1. The number of likely N-dealkylation sites (tertiary alicyclic amines) is 1. The van der Waals surface area contributed by atoms with Crippen LogP contribution in [0.4, 0.5) is 4.39 Å². The van der Waals surface area contributed by atoms with Crippen LogP contribution in [0, 0.1) is 24.6 Å². The summed E-state index contributed by atoms with van der Waals surface area (Å²) in [6.07, 6.45) is 7.85. The minimum Gasteiger partial charge on any atom is -0.463 e. The van der Waals surface area contributed by atoms with Crippen molar-refractivity contribution in [1.29, 1.82) is 0 Å². The maximum atomic E-state index is 15.3. The smallest absolute Gasteiger partial charge is 0.200 e. The van der Waals surface area contributed by atoms with Crippen LogP contribution in [0.3, 0.4) is 0 Å². The van der Waals surface area contributed by atoms with Gasteiger partial charge in [-0.2, -0.15) is 0 Å². The first-order valence-electron chi connectivity index (χ1n) is 13.3. The summed E-state index contributed by atoms with van der Waals surface area (Å²) in [6.45, 7) is 6.35. The topological polar surface area (TPSA) is 64.2 Å². The van der Waals surface area contributed by atoms with E-state index in [4.69, 9.17) is 4.42 Å². The van der Waals surface area contributed by atoms with Crippen LogP contribution in [0.5, 0.6) is 0 Å². The molecular formula is C30H33FN4O2. The number of fused-ring (bicyclic) bond motifs is 1. The zero-order valence-corrected chi connectivity index (χ0v) is 21.7. The molecule has 2 aliphatic rings. The van der Waals surface area contributed by atoms with E-state index < -0.39 is 0 Å². The quantitative estimate of drug-likeness (QED) is 0.334. The van der Waals surface area contributed by atoms with Crippen molar-refractivity contribution in [3.05, 3.63) is 81.5 Å². The van der Waals surface area contributed by atoms with Crippen LogP contribution in [-0.2, 0) is 13.6 Å². The van der Waals surface area contributed by atoms with Gasteiger partial charge in [-0.25, -0.2) is 4.39 Å². The summed E-state index contributed by atoms with van der Waals surface area (Å²) in [4.78, 5) is 16.1. The first-order chi connectivity index (χ1) is 17.9. The van der Waals surface area contributed by atoms with Crippen LogP contribution in [0.1, 0.15) is 61.0 Å². The van der Waals surface area contributed by atoms with Crippen molar-refractivity contribution in [3.8, 4) is 11.1 Å². The first kappa shape index (κ1) is 24.0. The molecule has 1 saturated carbocycles. The number of aryl methyl sites for hydroxylation is 2. The largest absolute Gasteiger partial charge is 0.463 e. The van der Waals surface area contributed by atoms with Crippen LogP contribution >= 0.6 is 0 Å². The number of halogens is 1. The van der Waals surface area contributed by atoms with Gasteiger partial charge in [0.1, 0.15) is 29.8 Å². The van der Waals surface area contributed by atoms with Crippen LogP contribution < -0.4 is 5.43 Å². The van der Waals surface area contributed by atoms with E-state index in [0.717, 1.165) is 49.3 Å². The van der Waals surface area contributed by atoms with Gasteiger partial charge in [0.25, 0.3) is 0 Å². The van der Waals surface area contributed by atoms with Gasteiger partial charge < -0.3 is 8.98 Å². The third-order valence-electron chi connectivity index (χ3n) is 8.11. The van der Waals surface area contributed by atoms with Crippen molar-refractivity contribution in [3.63, 3.8) is 0 Å². The van der Waals surface area contributed by atoms with Crippen molar-refractivity contribution in [2.45, 2.75) is 52.0 Å². The molecule has 2 aromatic carbocycles. The number of hydrogen-bond donors (Lipinski definition) is 0. The Morgan fingerprint density at radius 1 is 1.22 bits per heavy atom. The summed E-state index contributed by atoms with van der Waals surface area (Å²) in [7, 11) is 1.97. The van der Waals surface area contributed by atoms with E-state index >= 15 is 4.39 Å². The second kappa shape index (κ2) is 9.53. The molecule has 1 saturated heterocycles. The Morgan fingerprint density at radius 3 is 2.78 bits per heavy atom. The van der Waals surface area contributed by atoms with Gasteiger partial charge in [0.05, 0.1) is 10.9 Å². The highest BCUT2D eigenvalue weighted by atomic mass is 19.1. The van der Waals surface area contributed by atoms with Crippen molar-refractivity contribution < 1.29 is 8.81 Å². The molecule has 7 heteroatoms. The summed E-state index contributed by atoms with van der Waals surface area (Å²) in [5.41, 5.74) is 3.56. The van der Waals surface area contributed by atoms with Gasteiger partial charge in [0.2, 0.25) is 5.43 Å². The maximum absolute atomic E-state index is 15.3. The first-order valence-corrected chi connectivity index (χ1v) is 13.3. The highest BCUT2D eigenvalue weighted by Crippen LogP contribution is 2.46. The molecule has 1 aliphatic carbocycles. The maximum Gasteiger partial charge on any atom is 0.200 e. The Balaban J connectivity index is 1.40. The van der Waals surface area contributed by atoms with E-state index in [1.807, 2.05) is 23.7 Å². The Kier molecular flexibility index (Phi) is 6.19. The predicted molar refractivity (Wildman–Crippen MR) is 142 cm³/mol. The monoisotopic (exact) mass is 500 g/mol. The van der Waals surface area contributed by atoms with Gasteiger partial charge in [-0.1, -0.05) is 31.2 Å². The molecule has 0 bridgehead atoms. The zero-order chi connectivity index (χ0) is 25.7. The Hall–Kier alpha value is -3.32. The molecule has 6 rings (SSSR count). The van der Waals surface area contributed by atoms with Crippen LogP contribution in [0.25, 0.3) is 22.1 Å². The Labute approximate surface area is 216 Å². The van der Waals surface area contributed by atoms with E-state index in [0.29, 0.717) is 46.0 Å². The average Bonchev–Trinajstić information content (AvgIpc) is 3.64. The fourth-order valence-electron chi connectivity index (χ4n) is 6.00. The van der Waals surface area contributed by atoms with Crippen LogP contribution in [0.15, 0.2) is 52.1 Å². The van der Waals surface area contributed by atoms with Gasteiger partial charge in [0.15, 0.2) is 0 Å². The van der Waals surface area contributed by atoms with Crippen molar-refractivity contribution in [2.75, 3.05) is 13.1 Å². The highest BCUT2D eigenvalue weighted by molar-refractivity contribution is 5.84. The van der Waals surface area contributed by atoms with Gasteiger partial charge >= 0.3 is 0 Å². The number of nitrogens with zero attached hydrogens (tertiary/aromatic N) is 4. The molecule has 1 unspecified atom stereocenters. The fraction of sp³-hybridized carbons (Fsp3) is 0.433. The van der Waals surface area contributed by atoms with Crippen LogP contribution in [-0.4, -0.2) is 32.8 Å². The lowest BCUT2D eigenvalue weighted by Crippen LogP contribution is -2.34. The van der Waals surface area contributed by atoms with E-state index in [1.165, 1.54) is 12.7 Å². The average molecular weight is 501 g/mol. The summed E-state index contributed by atoms with van der Waals surface area (Å²) >= 11 is 0. The van der Waals surface area contributed by atoms with Gasteiger partial charge in [0, 0.05) is 37.2 Å². The molecule has 1 aliphatic heterocycles. The van der Waals surface area contributed by atoms with Crippen molar-refractivity contribution >= 4 is 11.0 Å². The molecular weight excluding hydrogens is 467 g/mol. The van der Waals surface area contributed by atoms with E-state index in [1.54, 1.807) is 19.3 Å². The van der Waals surface area contributed by atoms with Gasteiger partial charge in [-0.15, -0.1) is 10.2 Å². The summed E-state index contributed by atoms with van der Waals surface area (Å²) in [5.74, 6) is 1.92. The number of rotatable bonds is 6. The molecule has 4 aromatic rings. The third kappa shape index (κ3) is 4.50. The predicted octanol–water partition coefficient (Wildman–Crippen LogP) is 5.81. The number of hydrogen-bond acceptors (Lipinski definition) is 5. The van der Waals surface area contributed by atoms with Crippen molar-refractivity contribution in [1.82, 2.24) is 19.7 Å². The second-order valence-electron chi connectivity index (χ2n) is 11.1. The van der Waals surface area contributed by atoms with Crippen LogP contribution in [0.2, 0.25) is 0 Å². The molecule has 0 N–H and O–H groups in total. The molecule has 6 nitrogen and oxygen atoms in total. The number of aromatic nitrogens is 3. The Bertz CT molecular complexity index is 1520. The minimum absolute atomic E-state index is 0.128. The SMILES string of the molecule is Cc1c(F)c(CN2CCC[C@H](C)C2)cc2c(=O)c(-c3cccc(C(c4nncn4C)C4CC4)c3)coc12. The van der Waals surface area contributed by atoms with Gasteiger partial charge in [-0.3, -0.25) is 9.69 Å². The van der Waals surface area contributed by atoms with E-state index in [-0.39, 0.29) is 17.2 Å². The summed E-state index contributed by atoms with van der Waals surface area (Å²) < 4.78 is 23.2. The highest BCUT2D eigenvalue weighted by Gasteiger charge is 2.36. The molecule has 3 heterocycles. The van der Waals surface area contributed by atoms with Gasteiger partial charge in [-0.05, 0) is 68.2 Å². The molecule has 2 atom stereocenters. The molecule has 192 valence electrons. The second-order valence-corrected chi connectivity index (χ2v) is 11.1. The zero-order valence-electron chi connectivity index (χ0n) is 21.7. The summed E-state index contributed by atoms with van der Waals surface area (Å²) in [5, 5.41) is 8.92. The standard InChI is InChI=1S/C30H33FN4O2/c1-18-6-5-11-35(14-18)15-23-13-24-28(36)25(16-37-29(24)19(2)27(23)31)21-7-4-8-22(12-21)26(20-9-10-20)30-33-32-17-34(30)3/h4,7-8,12-13,16-18,20,26H,5-6,9-11,14-15H2,1-3H3/t18-,26?/m0/s1. The normalized spacial score (nSPS) is 19.4. The lowest BCUT2D eigenvalue weighted by molar-refractivity contribution is 0.175. The number of benzene rings is 2. The molecule has 2 aromatic heterocycles. The molecule has 0 radical (unpaired) electrons. The third-order valence-corrected chi connectivity index (χ3v) is 8.11. The lowest BCUT2D eigenvalue weighted by Gasteiger charge is -2.31. The van der Waals surface area contributed by atoms with E-state index in [9.17, 15) is 4.79 Å². The molecule has 37 heavy (non-hydrogen) atoms. The lowest BCUT2D eigenvalue weighted by atomic mass is 9.90. The molecule has 2 fully saturated rings. The van der Waals surface area contributed by atoms with Crippen molar-refractivity contribution in [2.24, 2.45) is 18.9 Å². The molecule has 0 spiro atoms. The van der Waals surface area contributed by atoms with E-state index in [2.05, 4.69) is 34.2 Å². The Morgan fingerprint density at radius 2 is 2.05 bits per heavy atom. The summed E-state index contributed by atoms with van der Waals surface area (Å²) in [6, 6.07) is 9.81. The molecule has 0 amide bonds. The minimum atomic E-state index is -0.278.